The molecule has 3 saturated heterocycles. The molecule has 9 heteroatoms. The summed E-state index contributed by atoms with van der Waals surface area (Å²) in [5.74, 6) is -0.133. The molecule has 1 aliphatic carbocycles. The molecule has 45 heavy (non-hydrogen) atoms. The van der Waals surface area contributed by atoms with Gasteiger partial charge in [-0.1, -0.05) is 44.5 Å². The summed E-state index contributed by atoms with van der Waals surface area (Å²) < 4.78 is 0. The van der Waals surface area contributed by atoms with Crippen molar-refractivity contribution in [3.8, 4) is 0 Å². The molecule has 250 valence electrons. The molecule has 0 bridgehead atoms. The first-order valence-corrected chi connectivity index (χ1v) is 17.7. The first-order valence-electron chi connectivity index (χ1n) is 17.3. The highest BCUT2D eigenvalue weighted by molar-refractivity contribution is 6.30. The Balaban J connectivity index is 1.45. The van der Waals surface area contributed by atoms with Crippen molar-refractivity contribution in [2.24, 2.45) is 11.3 Å². The Hall–Kier alpha value is -2.16. The highest BCUT2D eigenvalue weighted by Gasteiger charge is 2.50. The summed E-state index contributed by atoms with van der Waals surface area (Å²) in [4.78, 5) is 53.2. The molecule has 4 atom stereocenters. The zero-order valence-electron chi connectivity index (χ0n) is 28.7. The van der Waals surface area contributed by atoms with E-state index in [4.69, 9.17) is 11.6 Å². The van der Waals surface area contributed by atoms with E-state index >= 15 is 0 Å². The van der Waals surface area contributed by atoms with Crippen molar-refractivity contribution in [1.82, 2.24) is 24.5 Å². The molecule has 0 radical (unpaired) electrons. The molecule has 4 aliphatic rings. The maximum absolute atomic E-state index is 14.9. The molecule has 3 amide bonds. The van der Waals surface area contributed by atoms with Gasteiger partial charge in [-0.2, -0.15) is 0 Å². The van der Waals surface area contributed by atoms with Gasteiger partial charge in [-0.05, 0) is 82.5 Å². The minimum Gasteiger partial charge on any atom is -0.338 e. The summed E-state index contributed by atoms with van der Waals surface area (Å²) in [7, 11) is 0. The van der Waals surface area contributed by atoms with Crippen LogP contribution in [0.4, 0.5) is 0 Å². The van der Waals surface area contributed by atoms with E-state index in [-0.39, 0.29) is 52.6 Å². The Morgan fingerprint density at radius 1 is 0.911 bits per heavy atom. The Labute approximate surface area is 276 Å². The van der Waals surface area contributed by atoms with Crippen LogP contribution in [0.2, 0.25) is 5.02 Å². The number of carbonyl (C=O) groups excluding carboxylic acids is 3. The average molecular weight is 642 g/mol. The third-order valence-electron chi connectivity index (χ3n) is 11.3. The van der Waals surface area contributed by atoms with E-state index in [0.717, 1.165) is 57.4 Å². The Bertz CT molecular complexity index is 1210. The van der Waals surface area contributed by atoms with E-state index in [1.165, 1.54) is 0 Å². The van der Waals surface area contributed by atoms with Crippen molar-refractivity contribution in [3.05, 3.63) is 34.9 Å². The number of hydrogen-bond donors (Lipinski definition) is 0. The van der Waals surface area contributed by atoms with Gasteiger partial charge in [0.25, 0.3) is 0 Å². The molecule has 4 fully saturated rings. The Morgan fingerprint density at radius 2 is 1.53 bits per heavy atom. The lowest BCUT2D eigenvalue weighted by Crippen LogP contribution is -2.55. The van der Waals surface area contributed by atoms with E-state index in [1.807, 2.05) is 34.1 Å². The number of carbonyl (C=O) groups is 3. The maximum atomic E-state index is 14.9. The fraction of sp³-hybridized carbons (Fsp3) is 0.750. The summed E-state index contributed by atoms with van der Waals surface area (Å²) in [6.07, 6.45) is 4.61. The topological polar surface area (TPSA) is 67.4 Å². The van der Waals surface area contributed by atoms with E-state index in [2.05, 4.69) is 56.2 Å². The van der Waals surface area contributed by atoms with Gasteiger partial charge in [0.1, 0.15) is 6.04 Å². The largest absolute Gasteiger partial charge is 0.338 e. The zero-order chi connectivity index (χ0) is 32.7. The molecule has 1 aromatic carbocycles. The van der Waals surface area contributed by atoms with Gasteiger partial charge in [0.2, 0.25) is 17.7 Å². The van der Waals surface area contributed by atoms with Crippen LogP contribution in [0.5, 0.6) is 0 Å². The van der Waals surface area contributed by atoms with E-state index in [0.29, 0.717) is 37.6 Å². The quantitative estimate of drug-likeness (QED) is 0.432. The molecule has 0 spiro atoms. The monoisotopic (exact) mass is 641 g/mol. The molecule has 3 heterocycles. The number of piperazine rings is 1. The van der Waals surface area contributed by atoms with E-state index in [1.54, 1.807) is 6.92 Å². The number of likely N-dealkylation sites (N-methyl/N-ethyl adjacent to an activating group) is 1. The number of amides is 3. The van der Waals surface area contributed by atoms with Gasteiger partial charge in [-0.3, -0.25) is 19.3 Å². The zero-order valence-corrected chi connectivity index (χ0v) is 29.5. The van der Waals surface area contributed by atoms with Crippen LogP contribution in [0.15, 0.2) is 24.3 Å². The fourth-order valence-electron chi connectivity index (χ4n) is 8.33. The van der Waals surface area contributed by atoms with Crippen molar-refractivity contribution in [2.45, 2.75) is 110 Å². The van der Waals surface area contributed by atoms with Crippen molar-refractivity contribution in [2.75, 3.05) is 52.4 Å². The van der Waals surface area contributed by atoms with Gasteiger partial charge < -0.3 is 19.6 Å². The van der Waals surface area contributed by atoms with Gasteiger partial charge in [0.05, 0.1) is 12.0 Å². The number of benzene rings is 1. The summed E-state index contributed by atoms with van der Waals surface area (Å²) in [5, 5.41) is 0.680. The molecular formula is C36H56ClN5O3. The minimum absolute atomic E-state index is 0.00128. The third-order valence-corrected chi connectivity index (χ3v) is 11.6. The van der Waals surface area contributed by atoms with Crippen LogP contribution in [0, 0.1) is 11.3 Å². The number of nitrogens with zero attached hydrogens (tertiary/aromatic N) is 5. The summed E-state index contributed by atoms with van der Waals surface area (Å²) in [6.45, 7) is 20.9. The molecule has 0 aromatic heterocycles. The molecule has 3 aliphatic heterocycles. The minimum atomic E-state index is -0.549. The number of hydrogen-bond acceptors (Lipinski definition) is 5. The Morgan fingerprint density at radius 3 is 2.09 bits per heavy atom. The van der Waals surface area contributed by atoms with Gasteiger partial charge in [-0.25, -0.2) is 0 Å². The van der Waals surface area contributed by atoms with Crippen LogP contribution in [0.3, 0.4) is 0 Å². The first-order chi connectivity index (χ1) is 21.2. The second-order valence-electron chi connectivity index (χ2n) is 15.8. The van der Waals surface area contributed by atoms with Crippen LogP contribution in [0.1, 0.15) is 92.1 Å². The average Bonchev–Trinajstić information content (AvgIpc) is 3.64. The van der Waals surface area contributed by atoms with Crippen LogP contribution < -0.4 is 0 Å². The number of likely N-dealkylation sites (tertiary alicyclic amines) is 2. The second kappa shape index (κ2) is 13.5. The molecule has 8 nitrogen and oxygen atoms in total. The van der Waals surface area contributed by atoms with Crippen molar-refractivity contribution in [3.63, 3.8) is 0 Å². The van der Waals surface area contributed by atoms with Gasteiger partial charge in [-0.15, -0.1) is 0 Å². The molecule has 1 saturated carbocycles. The number of rotatable bonds is 6. The lowest BCUT2D eigenvalue weighted by atomic mass is 9.75. The summed E-state index contributed by atoms with van der Waals surface area (Å²) in [6, 6.07) is 7.35. The summed E-state index contributed by atoms with van der Waals surface area (Å²) >= 11 is 6.26. The van der Waals surface area contributed by atoms with Gasteiger partial charge in [0, 0.05) is 75.3 Å². The van der Waals surface area contributed by atoms with Gasteiger partial charge in [0.15, 0.2) is 0 Å². The van der Waals surface area contributed by atoms with Crippen molar-refractivity contribution >= 4 is 29.3 Å². The molecular weight excluding hydrogens is 586 g/mol. The summed E-state index contributed by atoms with van der Waals surface area (Å²) in [5.41, 5.74) is 1.30. The maximum Gasteiger partial charge on any atom is 0.245 e. The van der Waals surface area contributed by atoms with Crippen molar-refractivity contribution < 1.29 is 14.4 Å². The highest BCUT2D eigenvalue weighted by atomic mass is 35.5. The predicted molar refractivity (Wildman–Crippen MR) is 180 cm³/mol. The van der Waals surface area contributed by atoms with E-state index in [9.17, 15) is 14.4 Å². The second-order valence-corrected chi connectivity index (χ2v) is 16.3. The normalized spacial score (nSPS) is 28.4. The number of halogens is 1. The lowest BCUT2D eigenvalue weighted by molar-refractivity contribution is -0.147. The van der Waals surface area contributed by atoms with Crippen molar-refractivity contribution in [1.29, 1.82) is 0 Å². The smallest absolute Gasteiger partial charge is 0.245 e. The molecule has 1 aromatic rings. The van der Waals surface area contributed by atoms with Crippen LogP contribution >= 0.6 is 11.6 Å². The standard InChI is InChI=1S/C36H56ClN5O3/c1-8-38-17-19-39(20-18-38)34(45)32-21-29(42(25(2)43)28-13-15-36(6,7)16-14-28)22-41(32)33(44)31-24-40(35(3,4)5)23-30(31)26-9-11-27(37)12-10-26/h9-12,28-32H,8,13-24H2,1-7H3/t29-,30-,31-,32-/m0/s1. The van der Waals surface area contributed by atoms with E-state index < -0.39 is 6.04 Å². The highest BCUT2D eigenvalue weighted by Crippen LogP contribution is 2.41. The van der Waals surface area contributed by atoms with Crippen LogP contribution in [0.25, 0.3) is 0 Å². The van der Waals surface area contributed by atoms with Crippen LogP contribution in [-0.2, 0) is 14.4 Å². The lowest BCUT2D eigenvalue weighted by Gasteiger charge is -2.42. The SMILES string of the molecule is CCN1CCN(C(=O)[C@@H]2C[C@H](N(C(C)=O)C3CCC(C)(C)CC3)CN2C(=O)[C@H]2CN(C(C)(C)C)C[C@H]2c2ccc(Cl)cc2)CC1. The predicted octanol–water partition coefficient (Wildman–Crippen LogP) is 5.10. The molecule has 0 unspecified atom stereocenters. The first kappa shape index (κ1) is 34.2. The Kier molecular flexibility index (Phi) is 10.3. The molecule has 0 N–H and O–H groups in total. The molecule has 5 rings (SSSR count). The fourth-order valence-corrected chi connectivity index (χ4v) is 8.45. The van der Waals surface area contributed by atoms with Gasteiger partial charge >= 0.3 is 0 Å². The third kappa shape index (κ3) is 7.54. The van der Waals surface area contributed by atoms with Crippen LogP contribution in [-0.4, -0.2) is 118 Å².